The minimum Gasteiger partial charge on any atom is -0.243 e. The van der Waals surface area contributed by atoms with E-state index in [-0.39, 0.29) is 10.4 Å². The van der Waals surface area contributed by atoms with Crippen LogP contribution in [0.5, 0.6) is 0 Å². The summed E-state index contributed by atoms with van der Waals surface area (Å²) in [6.45, 7) is 0. The first-order valence-electron chi connectivity index (χ1n) is 7.60. The Hall–Kier alpha value is -0.650. The zero-order valence-electron chi connectivity index (χ0n) is 11.8. The number of nitrogens with zero attached hydrogens (tertiary/aromatic N) is 1. The van der Waals surface area contributed by atoms with Crippen LogP contribution in [0.3, 0.4) is 0 Å². The average Bonchev–Trinajstić information content (AvgIpc) is 2.36. The van der Waals surface area contributed by atoms with Gasteiger partial charge in [-0.15, -0.1) is 0 Å². The molecular weight excluding hydrogens is 308 g/mol. The van der Waals surface area contributed by atoms with Crippen molar-refractivity contribution in [2.75, 3.05) is 0 Å². The Morgan fingerprint density at radius 1 is 1.10 bits per heavy atom. The Balaban J connectivity index is 1.61. The first-order chi connectivity index (χ1) is 9.94. The number of rotatable bonds is 3. The molecule has 0 saturated heterocycles. The largest absolute Gasteiger partial charge is 0.243 e. The minimum atomic E-state index is -3.51. The summed E-state index contributed by atoms with van der Waals surface area (Å²) in [4.78, 5) is 4.10. The van der Waals surface area contributed by atoms with Crippen molar-refractivity contribution in [1.82, 2.24) is 9.71 Å². The Labute approximate surface area is 130 Å². The highest BCUT2D eigenvalue weighted by Gasteiger charge is 2.52. The molecule has 1 heterocycles. The zero-order chi connectivity index (χ0) is 14.7. The number of sulfonamides is 1. The molecule has 6 heteroatoms. The van der Waals surface area contributed by atoms with E-state index in [9.17, 15) is 8.42 Å². The third-order valence-electron chi connectivity index (χ3n) is 5.40. The van der Waals surface area contributed by atoms with E-state index >= 15 is 0 Å². The van der Waals surface area contributed by atoms with Crippen LogP contribution in [-0.4, -0.2) is 18.9 Å². The maximum atomic E-state index is 12.6. The molecule has 0 unspecified atom stereocenters. The van der Waals surface area contributed by atoms with Gasteiger partial charge in [0.1, 0.15) is 10.0 Å². The highest BCUT2D eigenvalue weighted by molar-refractivity contribution is 7.89. The third kappa shape index (κ3) is 2.49. The molecule has 4 fully saturated rings. The quantitative estimate of drug-likeness (QED) is 0.869. The van der Waals surface area contributed by atoms with E-state index in [1.165, 1.54) is 37.6 Å². The van der Waals surface area contributed by atoms with Crippen LogP contribution in [0.4, 0.5) is 0 Å². The molecule has 4 nitrogen and oxygen atoms in total. The molecule has 21 heavy (non-hydrogen) atoms. The molecule has 114 valence electrons. The lowest BCUT2D eigenvalue weighted by Gasteiger charge is -2.56. The van der Waals surface area contributed by atoms with Crippen molar-refractivity contribution < 1.29 is 8.42 Å². The summed E-state index contributed by atoms with van der Waals surface area (Å²) in [5, 5.41) is 0.309. The Morgan fingerprint density at radius 3 is 2.14 bits per heavy atom. The average molecular weight is 327 g/mol. The van der Waals surface area contributed by atoms with Crippen molar-refractivity contribution in [3.05, 3.63) is 23.5 Å². The fraction of sp³-hybridized carbons (Fsp3) is 0.667. The van der Waals surface area contributed by atoms with Crippen molar-refractivity contribution >= 4 is 21.6 Å². The first-order valence-corrected chi connectivity index (χ1v) is 9.46. The van der Waals surface area contributed by atoms with Crippen LogP contribution in [0.2, 0.25) is 5.15 Å². The molecule has 0 atom stereocenters. The molecular formula is C15H19ClN2O2S. The van der Waals surface area contributed by atoms with Crippen LogP contribution >= 0.6 is 11.6 Å². The molecule has 4 saturated carbocycles. The lowest BCUT2D eigenvalue weighted by molar-refractivity contribution is -0.00810. The van der Waals surface area contributed by atoms with Gasteiger partial charge in [-0.25, -0.2) is 18.1 Å². The molecule has 1 aromatic rings. The van der Waals surface area contributed by atoms with Gasteiger partial charge in [0.15, 0.2) is 0 Å². The fourth-order valence-corrected chi connectivity index (χ4v) is 6.59. The standard InChI is InChI=1S/C15H19ClN2O2S/c16-14-2-1-13(9-17-14)21(19,20)18-15-6-10-3-11(7-15)5-12(4-10)8-15/h1-2,9-12,18H,3-8H2. The maximum absolute atomic E-state index is 12.6. The molecule has 5 rings (SSSR count). The van der Waals surface area contributed by atoms with Crippen LogP contribution in [0.15, 0.2) is 23.2 Å². The van der Waals surface area contributed by atoms with E-state index in [1.54, 1.807) is 0 Å². The summed E-state index contributed by atoms with van der Waals surface area (Å²) < 4.78 is 28.3. The van der Waals surface area contributed by atoms with Gasteiger partial charge >= 0.3 is 0 Å². The first kappa shape index (κ1) is 14.0. The second-order valence-electron chi connectivity index (χ2n) is 7.12. The van der Waals surface area contributed by atoms with Gasteiger partial charge in [0, 0.05) is 11.7 Å². The van der Waals surface area contributed by atoms with Crippen LogP contribution in [0.1, 0.15) is 38.5 Å². The summed E-state index contributed by atoms with van der Waals surface area (Å²) >= 11 is 5.74. The summed E-state index contributed by atoms with van der Waals surface area (Å²) in [5.41, 5.74) is -0.215. The number of hydrogen-bond acceptors (Lipinski definition) is 3. The van der Waals surface area contributed by atoms with E-state index in [2.05, 4.69) is 9.71 Å². The number of nitrogens with one attached hydrogen (secondary N) is 1. The molecule has 4 aliphatic rings. The molecule has 1 aromatic heterocycles. The van der Waals surface area contributed by atoms with Crippen LogP contribution < -0.4 is 4.72 Å². The molecule has 4 bridgehead atoms. The Bertz CT molecular complexity index is 621. The third-order valence-corrected chi connectivity index (χ3v) is 7.19. The van der Waals surface area contributed by atoms with Gasteiger partial charge in [0.05, 0.1) is 0 Å². The Morgan fingerprint density at radius 2 is 1.67 bits per heavy atom. The number of halogens is 1. The molecule has 1 N–H and O–H groups in total. The SMILES string of the molecule is O=S(=O)(NC12CC3CC(CC(C3)C1)C2)c1ccc(Cl)nc1. The van der Waals surface area contributed by atoms with Gasteiger partial charge < -0.3 is 0 Å². The second kappa shape index (κ2) is 4.67. The van der Waals surface area contributed by atoms with Crippen molar-refractivity contribution in [3.63, 3.8) is 0 Å². The number of aromatic nitrogens is 1. The van der Waals surface area contributed by atoms with Gasteiger partial charge in [-0.05, 0) is 68.4 Å². The van der Waals surface area contributed by atoms with E-state index in [0.717, 1.165) is 19.3 Å². The summed E-state index contributed by atoms with van der Waals surface area (Å²) in [6, 6.07) is 3.05. The minimum absolute atomic E-state index is 0.211. The van der Waals surface area contributed by atoms with Gasteiger partial charge in [0.2, 0.25) is 10.0 Å². The van der Waals surface area contributed by atoms with Crippen LogP contribution in [0.25, 0.3) is 0 Å². The number of hydrogen-bond donors (Lipinski definition) is 1. The van der Waals surface area contributed by atoms with Gasteiger partial charge in [0.25, 0.3) is 0 Å². The van der Waals surface area contributed by atoms with Crippen LogP contribution in [0, 0.1) is 17.8 Å². The summed E-state index contributed by atoms with van der Waals surface area (Å²) in [5.74, 6) is 2.13. The normalized spacial score (nSPS) is 37.9. The highest BCUT2D eigenvalue weighted by atomic mass is 35.5. The van der Waals surface area contributed by atoms with Gasteiger partial charge in [-0.1, -0.05) is 11.6 Å². The van der Waals surface area contributed by atoms with Crippen molar-refractivity contribution in [2.45, 2.75) is 49.0 Å². The van der Waals surface area contributed by atoms with Crippen LogP contribution in [-0.2, 0) is 10.0 Å². The Kier molecular flexibility index (Phi) is 3.11. The molecule has 0 radical (unpaired) electrons. The molecule has 0 aromatic carbocycles. The lowest BCUT2D eigenvalue weighted by Crippen LogP contribution is -2.59. The number of pyridine rings is 1. The van der Waals surface area contributed by atoms with Gasteiger partial charge in [-0.2, -0.15) is 0 Å². The molecule has 0 amide bonds. The molecule has 4 aliphatic carbocycles. The van der Waals surface area contributed by atoms with E-state index in [0.29, 0.717) is 22.9 Å². The maximum Gasteiger partial charge on any atom is 0.242 e. The lowest BCUT2D eigenvalue weighted by atomic mass is 9.53. The van der Waals surface area contributed by atoms with Crippen molar-refractivity contribution in [3.8, 4) is 0 Å². The molecule has 0 aliphatic heterocycles. The smallest absolute Gasteiger partial charge is 0.242 e. The van der Waals surface area contributed by atoms with Crippen molar-refractivity contribution in [1.29, 1.82) is 0 Å². The fourth-order valence-electron chi connectivity index (χ4n) is 5.10. The highest BCUT2D eigenvalue weighted by Crippen LogP contribution is 2.55. The monoisotopic (exact) mass is 326 g/mol. The van der Waals surface area contributed by atoms with E-state index in [1.807, 2.05) is 0 Å². The molecule has 0 spiro atoms. The topological polar surface area (TPSA) is 59.1 Å². The van der Waals surface area contributed by atoms with Gasteiger partial charge in [-0.3, -0.25) is 0 Å². The van der Waals surface area contributed by atoms with E-state index < -0.39 is 10.0 Å². The predicted molar refractivity (Wildman–Crippen MR) is 80.5 cm³/mol. The zero-order valence-corrected chi connectivity index (χ0v) is 13.3. The summed E-state index contributed by atoms with van der Waals surface area (Å²) in [7, 11) is -3.51. The second-order valence-corrected chi connectivity index (χ2v) is 9.19. The predicted octanol–water partition coefficient (Wildman–Crippen LogP) is 2.98. The summed E-state index contributed by atoms with van der Waals surface area (Å²) in [6.07, 6.45) is 8.22. The van der Waals surface area contributed by atoms with E-state index in [4.69, 9.17) is 11.6 Å². The van der Waals surface area contributed by atoms with Crippen molar-refractivity contribution in [2.24, 2.45) is 17.8 Å².